The number of benzene rings is 1. The third kappa shape index (κ3) is 2.70. The Bertz CT molecular complexity index is 355. The van der Waals surface area contributed by atoms with Crippen molar-refractivity contribution < 1.29 is 4.74 Å². The molecule has 2 rings (SSSR count). The highest BCUT2D eigenvalue weighted by Crippen LogP contribution is 2.32. The Morgan fingerprint density at radius 2 is 1.82 bits per heavy atom. The normalized spacial score (nSPS) is 27.1. The highest BCUT2D eigenvalue weighted by Gasteiger charge is 2.35. The average molecular weight is 233 g/mol. The molecule has 1 fully saturated rings. The van der Waals surface area contributed by atoms with Crippen molar-refractivity contribution in [3.8, 4) is 0 Å². The van der Waals surface area contributed by atoms with Crippen LogP contribution in [0.3, 0.4) is 0 Å². The quantitative estimate of drug-likeness (QED) is 0.738. The second-order valence-corrected chi connectivity index (χ2v) is 5.81. The van der Waals surface area contributed by atoms with Gasteiger partial charge in [0.15, 0.2) is 0 Å². The molecule has 2 nitrogen and oxygen atoms in total. The number of morpholine rings is 1. The molecule has 1 heterocycles. The fourth-order valence-corrected chi connectivity index (χ4v) is 2.75. The fourth-order valence-electron chi connectivity index (χ4n) is 2.75. The Hall–Kier alpha value is -0.860. The topological polar surface area (TPSA) is 12.5 Å². The molecule has 2 heteroatoms. The van der Waals surface area contributed by atoms with Gasteiger partial charge in [-0.25, -0.2) is 0 Å². The predicted octanol–water partition coefficient (Wildman–Crippen LogP) is 3.25. The minimum absolute atomic E-state index is 0.198. The summed E-state index contributed by atoms with van der Waals surface area (Å²) < 4.78 is 5.96. The van der Waals surface area contributed by atoms with Crippen molar-refractivity contribution in [3.05, 3.63) is 35.9 Å². The molecule has 2 unspecified atom stereocenters. The van der Waals surface area contributed by atoms with Gasteiger partial charge in [-0.15, -0.1) is 0 Å². The predicted molar refractivity (Wildman–Crippen MR) is 71.1 cm³/mol. The van der Waals surface area contributed by atoms with Gasteiger partial charge >= 0.3 is 0 Å². The monoisotopic (exact) mass is 233 g/mol. The first-order chi connectivity index (χ1) is 8.00. The molecule has 94 valence electrons. The molecule has 0 bridgehead atoms. The van der Waals surface area contributed by atoms with E-state index in [2.05, 4.69) is 62.9 Å². The van der Waals surface area contributed by atoms with Gasteiger partial charge in [-0.1, -0.05) is 30.3 Å². The van der Waals surface area contributed by atoms with Gasteiger partial charge in [-0.05, 0) is 33.3 Å². The lowest BCUT2D eigenvalue weighted by atomic mass is 9.95. The molecule has 0 radical (unpaired) electrons. The van der Waals surface area contributed by atoms with Gasteiger partial charge in [0.05, 0.1) is 12.7 Å². The van der Waals surface area contributed by atoms with Crippen LogP contribution < -0.4 is 0 Å². The standard InChI is InChI=1S/C15H23NO/c1-12-14(13-8-6-5-7-9-13)17-11-10-16(12)15(2,3)4/h5-9,12,14H,10-11H2,1-4H3. The zero-order chi connectivity index (χ0) is 12.5. The molecule has 1 aromatic carbocycles. The van der Waals surface area contributed by atoms with Crippen molar-refractivity contribution in [1.82, 2.24) is 4.90 Å². The van der Waals surface area contributed by atoms with Gasteiger partial charge in [-0.2, -0.15) is 0 Å². The molecular formula is C15H23NO. The van der Waals surface area contributed by atoms with Crippen LogP contribution in [0.15, 0.2) is 30.3 Å². The highest BCUT2D eigenvalue weighted by atomic mass is 16.5. The maximum absolute atomic E-state index is 5.96. The Morgan fingerprint density at radius 1 is 1.18 bits per heavy atom. The molecule has 0 spiro atoms. The summed E-state index contributed by atoms with van der Waals surface area (Å²) in [5, 5.41) is 0. The zero-order valence-corrected chi connectivity index (χ0v) is 11.3. The minimum Gasteiger partial charge on any atom is -0.371 e. The largest absolute Gasteiger partial charge is 0.371 e. The van der Waals surface area contributed by atoms with Crippen LogP contribution >= 0.6 is 0 Å². The van der Waals surface area contributed by atoms with Crippen molar-refractivity contribution in [2.45, 2.75) is 45.4 Å². The summed E-state index contributed by atoms with van der Waals surface area (Å²) in [6.07, 6.45) is 0.198. The van der Waals surface area contributed by atoms with Gasteiger partial charge in [0, 0.05) is 18.1 Å². The lowest BCUT2D eigenvalue weighted by Gasteiger charge is -2.46. The van der Waals surface area contributed by atoms with E-state index in [4.69, 9.17) is 4.74 Å². The second-order valence-electron chi connectivity index (χ2n) is 5.81. The Morgan fingerprint density at radius 3 is 2.41 bits per heavy atom. The molecule has 0 amide bonds. The first kappa shape index (κ1) is 12.6. The second kappa shape index (κ2) is 4.79. The summed E-state index contributed by atoms with van der Waals surface area (Å²) in [6.45, 7) is 10.9. The van der Waals surface area contributed by atoms with Crippen molar-refractivity contribution >= 4 is 0 Å². The number of hydrogen-bond donors (Lipinski definition) is 0. The van der Waals surface area contributed by atoms with E-state index in [1.54, 1.807) is 0 Å². The Kier molecular flexibility index (Phi) is 3.55. The summed E-state index contributed by atoms with van der Waals surface area (Å²) >= 11 is 0. The molecular weight excluding hydrogens is 210 g/mol. The Balaban J connectivity index is 2.20. The molecule has 0 saturated carbocycles. The highest BCUT2D eigenvalue weighted by molar-refractivity contribution is 5.19. The van der Waals surface area contributed by atoms with E-state index in [0.29, 0.717) is 6.04 Å². The molecule has 0 aliphatic carbocycles. The van der Waals surface area contributed by atoms with Gasteiger partial charge in [0.2, 0.25) is 0 Å². The van der Waals surface area contributed by atoms with Crippen molar-refractivity contribution in [2.75, 3.05) is 13.2 Å². The van der Waals surface area contributed by atoms with Crippen molar-refractivity contribution in [3.63, 3.8) is 0 Å². The molecule has 1 aliphatic heterocycles. The smallest absolute Gasteiger partial charge is 0.0978 e. The third-order valence-electron chi connectivity index (χ3n) is 3.55. The molecule has 0 aromatic heterocycles. The van der Waals surface area contributed by atoms with E-state index in [0.717, 1.165) is 13.2 Å². The van der Waals surface area contributed by atoms with E-state index < -0.39 is 0 Å². The van der Waals surface area contributed by atoms with E-state index in [1.807, 2.05) is 0 Å². The van der Waals surface area contributed by atoms with Crippen LogP contribution in [0.2, 0.25) is 0 Å². The molecule has 1 saturated heterocycles. The summed E-state index contributed by atoms with van der Waals surface area (Å²) in [4.78, 5) is 2.54. The van der Waals surface area contributed by atoms with E-state index in [9.17, 15) is 0 Å². The summed E-state index contributed by atoms with van der Waals surface area (Å²) in [6, 6.07) is 11.0. The number of nitrogens with zero attached hydrogens (tertiary/aromatic N) is 1. The summed E-state index contributed by atoms with van der Waals surface area (Å²) in [5.41, 5.74) is 1.49. The number of hydrogen-bond acceptors (Lipinski definition) is 2. The molecule has 0 N–H and O–H groups in total. The lowest BCUT2D eigenvalue weighted by molar-refractivity contribution is -0.0973. The minimum atomic E-state index is 0.198. The van der Waals surface area contributed by atoms with E-state index >= 15 is 0 Å². The number of ether oxygens (including phenoxy) is 1. The van der Waals surface area contributed by atoms with Crippen LogP contribution in [-0.2, 0) is 4.74 Å². The summed E-state index contributed by atoms with van der Waals surface area (Å²) in [7, 11) is 0. The van der Waals surface area contributed by atoms with Crippen LogP contribution in [0.1, 0.15) is 39.4 Å². The van der Waals surface area contributed by atoms with Gasteiger partial charge in [0.1, 0.15) is 0 Å². The van der Waals surface area contributed by atoms with Crippen LogP contribution in [-0.4, -0.2) is 29.6 Å². The van der Waals surface area contributed by atoms with E-state index in [1.165, 1.54) is 5.56 Å². The number of rotatable bonds is 1. The maximum atomic E-state index is 5.96. The maximum Gasteiger partial charge on any atom is 0.0978 e. The van der Waals surface area contributed by atoms with Crippen molar-refractivity contribution in [2.24, 2.45) is 0 Å². The molecule has 2 atom stereocenters. The van der Waals surface area contributed by atoms with Gasteiger partial charge < -0.3 is 4.74 Å². The zero-order valence-electron chi connectivity index (χ0n) is 11.3. The van der Waals surface area contributed by atoms with Crippen molar-refractivity contribution in [1.29, 1.82) is 0 Å². The molecule has 1 aromatic rings. The third-order valence-corrected chi connectivity index (χ3v) is 3.55. The van der Waals surface area contributed by atoms with Crippen LogP contribution in [0.4, 0.5) is 0 Å². The molecule has 17 heavy (non-hydrogen) atoms. The lowest BCUT2D eigenvalue weighted by Crippen LogP contribution is -2.54. The average Bonchev–Trinajstić information content (AvgIpc) is 2.29. The van der Waals surface area contributed by atoms with E-state index in [-0.39, 0.29) is 11.6 Å². The van der Waals surface area contributed by atoms with Crippen LogP contribution in [0.5, 0.6) is 0 Å². The van der Waals surface area contributed by atoms with Crippen LogP contribution in [0, 0.1) is 0 Å². The first-order valence-corrected chi connectivity index (χ1v) is 6.43. The van der Waals surface area contributed by atoms with Crippen LogP contribution in [0.25, 0.3) is 0 Å². The van der Waals surface area contributed by atoms with Gasteiger partial charge in [-0.3, -0.25) is 4.90 Å². The Labute approximate surface area is 105 Å². The molecule has 1 aliphatic rings. The first-order valence-electron chi connectivity index (χ1n) is 6.43. The summed E-state index contributed by atoms with van der Waals surface area (Å²) in [5.74, 6) is 0. The SMILES string of the molecule is CC1C(c2ccccc2)OCCN1C(C)(C)C. The fraction of sp³-hybridized carbons (Fsp3) is 0.600. The van der Waals surface area contributed by atoms with Gasteiger partial charge in [0.25, 0.3) is 0 Å².